The molecule has 1 unspecified atom stereocenters. The number of ether oxygens (including phenoxy) is 1. The number of fused-ring (bicyclic) bond motifs is 1. The summed E-state index contributed by atoms with van der Waals surface area (Å²) in [5, 5.41) is 4.53. The van der Waals surface area contributed by atoms with Crippen LogP contribution in [-0.2, 0) is 12.8 Å². The minimum atomic E-state index is -0.0253. The molecule has 2 aromatic rings. The van der Waals surface area contributed by atoms with Gasteiger partial charge in [0.15, 0.2) is 5.82 Å². The van der Waals surface area contributed by atoms with Crippen molar-refractivity contribution in [3.8, 4) is 5.75 Å². The van der Waals surface area contributed by atoms with Crippen LogP contribution < -0.4 is 10.5 Å². The molecule has 0 bridgehead atoms. The van der Waals surface area contributed by atoms with E-state index >= 15 is 0 Å². The molecular formula is C14H18N4O. The third-order valence-electron chi connectivity index (χ3n) is 3.50. The van der Waals surface area contributed by atoms with Gasteiger partial charge in [0.05, 0.1) is 7.11 Å². The zero-order chi connectivity index (χ0) is 13.2. The van der Waals surface area contributed by atoms with Crippen molar-refractivity contribution in [3.63, 3.8) is 0 Å². The predicted octanol–water partition coefficient (Wildman–Crippen LogP) is 1.67. The van der Waals surface area contributed by atoms with Crippen LogP contribution in [0.25, 0.3) is 0 Å². The summed E-state index contributed by atoms with van der Waals surface area (Å²) in [5.74, 6) is 2.69. The summed E-state index contributed by atoms with van der Waals surface area (Å²) < 4.78 is 7.22. The zero-order valence-electron chi connectivity index (χ0n) is 11.0. The summed E-state index contributed by atoms with van der Waals surface area (Å²) in [6.07, 6.45) is 3.68. The van der Waals surface area contributed by atoms with Gasteiger partial charge in [-0.3, -0.25) is 0 Å². The van der Waals surface area contributed by atoms with E-state index in [1.807, 2.05) is 28.9 Å². The Bertz CT molecular complexity index is 579. The third-order valence-corrected chi connectivity index (χ3v) is 3.50. The number of aromatic nitrogens is 3. The van der Waals surface area contributed by atoms with Crippen LogP contribution in [0.15, 0.2) is 24.3 Å². The maximum atomic E-state index is 6.04. The minimum Gasteiger partial charge on any atom is -0.496 e. The second-order valence-corrected chi connectivity index (χ2v) is 4.84. The number of nitrogens with zero attached hydrogens (tertiary/aromatic N) is 3. The summed E-state index contributed by atoms with van der Waals surface area (Å²) in [6.45, 7) is 0. The highest BCUT2D eigenvalue weighted by molar-refractivity contribution is 5.35. The van der Waals surface area contributed by atoms with Gasteiger partial charge in [-0.1, -0.05) is 18.2 Å². The maximum Gasteiger partial charge on any atom is 0.155 e. The fourth-order valence-corrected chi connectivity index (χ4v) is 2.53. The van der Waals surface area contributed by atoms with Crippen molar-refractivity contribution in [2.24, 2.45) is 5.73 Å². The Morgan fingerprint density at radius 3 is 3.05 bits per heavy atom. The standard InChI is InChI=1S/C14H18N4O/c1-19-11-6-3-2-5-10(11)9-13-16-14-8-4-7-12(15)18(14)17-13/h2-3,5-6,12H,4,7-9,15H2,1H3. The molecule has 3 rings (SSSR count). The summed E-state index contributed by atoms with van der Waals surface area (Å²) in [6, 6.07) is 7.96. The van der Waals surface area contributed by atoms with Gasteiger partial charge >= 0.3 is 0 Å². The molecule has 1 aromatic carbocycles. The van der Waals surface area contributed by atoms with Crippen molar-refractivity contribution in [3.05, 3.63) is 41.5 Å². The van der Waals surface area contributed by atoms with Crippen LogP contribution in [-0.4, -0.2) is 21.9 Å². The highest BCUT2D eigenvalue weighted by Crippen LogP contribution is 2.22. The summed E-state index contributed by atoms with van der Waals surface area (Å²) in [5.41, 5.74) is 7.14. The molecule has 100 valence electrons. The van der Waals surface area contributed by atoms with Crippen LogP contribution in [0.4, 0.5) is 0 Å². The van der Waals surface area contributed by atoms with Crippen molar-refractivity contribution < 1.29 is 4.74 Å². The first kappa shape index (κ1) is 12.2. The second kappa shape index (κ2) is 5.01. The number of methoxy groups -OCH3 is 1. The average Bonchev–Trinajstić information content (AvgIpc) is 2.83. The number of para-hydroxylation sites is 1. The van der Waals surface area contributed by atoms with E-state index in [1.165, 1.54) is 0 Å². The van der Waals surface area contributed by atoms with E-state index in [0.717, 1.165) is 42.2 Å². The first-order chi connectivity index (χ1) is 9.28. The highest BCUT2D eigenvalue weighted by Gasteiger charge is 2.20. The Labute approximate surface area is 112 Å². The Morgan fingerprint density at radius 1 is 1.42 bits per heavy atom. The first-order valence-electron chi connectivity index (χ1n) is 6.59. The summed E-state index contributed by atoms with van der Waals surface area (Å²) >= 11 is 0. The Hall–Kier alpha value is -1.88. The molecule has 0 amide bonds. The number of benzene rings is 1. The minimum absolute atomic E-state index is 0.0253. The van der Waals surface area contributed by atoms with Crippen molar-refractivity contribution in [2.75, 3.05) is 7.11 Å². The molecule has 1 aromatic heterocycles. The van der Waals surface area contributed by atoms with Crippen molar-refractivity contribution in [1.82, 2.24) is 14.8 Å². The molecule has 0 saturated heterocycles. The Morgan fingerprint density at radius 2 is 2.26 bits per heavy atom. The lowest BCUT2D eigenvalue weighted by Gasteiger charge is -2.18. The van der Waals surface area contributed by atoms with Crippen LogP contribution in [0.1, 0.15) is 36.2 Å². The lowest BCUT2D eigenvalue weighted by Crippen LogP contribution is -2.25. The van der Waals surface area contributed by atoms with Crippen LogP contribution in [0, 0.1) is 0 Å². The maximum absolute atomic E-state index is 6.04. The van der Waals surface area contributed by atoms with Gasteiger partial charge in [0.1, 0.15) is 17.7 Å². The number of hydrogen-bond acceptors (Lipinski definition) is 4. The number of rotatable bonds is 3. The zero-order valence-corrected chi connectivity index (χ0v) is 11.0. The van der Waals surface area contributed by atoms with Gasteiger partial charge in [0, 0.05) is 18.4 Å². The van der Waals surface area contributed by atoms with Crippen LogP contribution in [0.5, 0.6) is 5.75 Å². The Kier molecular flexibility index (Phi) is 3.21. The molecule has 1 aliphatic heterocycles. The first-order valence-corrected chi connectivity index (χ1v) is 6.59. The summed E-state index contributed by atoms with van der Waals surface area (Å²) in [7, 11) is 1.68. The van der Waals surface area contributed by atoms with E-state index in [4.69, 9.17) is 10.5 Å². The number of aryl methyl sites for hydroxylation is 1. The molecular weight excluding hydrogens is 240 g/mol. The van der Waals surface area contributed by atoms with E-state index in [0.29, 0.717) is 6.42 Å². The van der Waals surface area contributed by atoms with Crippen molar-refractivity contribution in [2.45, 2.75) is 31.8 Å². The molecule has 5 heteroatoms. The molecule has 2 N–H and O–H groups in total. The molecule has 0 spiro atoms. The number of hydrogen-bond donors (Lipinski definition) is 1. The number of nitrogens with two attached hydrogens (primary N) is 1. The molecule has 5 nitrogen and oxygen atoms in total. The van der Waals surface area contributed by atoms with Gasteiger partial charge in [0.2, 0.25) is 0 Å². The molecule has 0 radical (unpaired) electrons. The van der Waals surface area contributed by atoms with Crippen molar-refractivity contribution in [1.29, 1.82) is 0 Å². The average molecular weight is 258 g/mol. The van der Waals surface area contributed by atoms with Crippen molar-refractivity contribution >= 4 is 0 Å². The Balaban J connectivity index is 1.88. The molecule has 1 aliphatic rings. The largest absolute Gasteiger partial charge is 0.496 e. The lowest BCUT2D eigenvalue weighted by atomic mass is 10.1. The molecule has 1 atom stereocenters. The summed E-state index contributed by atoms with van der Waals surface area (Å²) in [4.78, 5) is 4.59. The van der Waals surface area contributed by atoms with Gasteiger partial charge in [-0.25, -0.2) is 9.67 Å². The van der Waals surface area contributed by atoms with Gasteiger partial charge in [0.25, 0.3) is 0 Å². The van der Waals surface area contributed by atoms with E-state index in [1.54, 1.807) is 7.11 Å². The van der Waals surface area contributed by atoms with Crippen LogP contribution in [0.3, 0.4) is 0 Å². The van der Waals surface area contributed by atoms with Gasteiger partial charge in [-0.15, -0.1) is 0 Å². The highest BCUT2D eigenvalue weighted by atomic mass is 16.5. The lowest BCUT2D eigenvalue weighted by molar-refractivity contribution is 0.371. The monoisotopic (exact) mass is 258 g/mol. The molecule has 19 heavy (non-hydrogen) atoms. The van der Waals surface area contributed by atoms with E-state index in [2.05, 4.69) is 10.1 Å². The fraction of sp³-hybridized carbons (Fsp3) is 0.429. The second-order valence-electron chi connectivity index (χ2n) is 4.84. The molecule has 0 aliphatic carbocycles. The molecule has 0 saturated carbocycles. The van der Waals surface area contributed by atoms with Gasteiger partial charge in [-0.2, -0.15) is 5.10 Å². The quantitative estimate of drug-likeness (QED) is 0.909. The van der Waals surface area contributed by atoms with E-state index in [-0.39, 0.29) is 6.17 Å². The van der Waals surface area contributed by atoms with Crippen LogP contribution in [0.2, 0.25) is 0 Å². The topological polar surface area (TPSA) is 66.0 Å². The SMILES string of the molecule is COc1ccccc1Cc1nc2n(n1)C(N)CCC2. The predicted molar refractivity (Wildman–Crippen MR) is 72.0 cm³/mol. The van der Waals surface area contributed by atoms with E-state index < -0.39 is 0 Å². The van der Waals surface area contributed by atoms with Gasteiger partial charge in [-0.05, 0) is 18.9 Å². The third kappa shape index (κ3) is 2.33. The smallest absolute Gasteiger partial charge is 0.155 e. The fourth-order valence-electron chi connectivity index (χ4n) is 2.53. The normalized spacial score (nSPS) is 18.1. The van der Waals surface area contributed by atoms with Gasteiger partial charge < -0.3 is 10.5 Å². The van der Waals surface area contributed by atoms with Crippen LogP contribution >= 0.6 is 0 Å². The molecule has 2 heterocycles. The molecule has 0 fully saturated rings. The van der Waals surface area contributed by atoms with E-state index in [9.17, 15) is 0 Å².